The van der Waals surface area contributed by atoms with E-state index in [1.807, 2.05) is 31.3 Å². The van der Waals surface area contributed by atoms with Gasteiger partial charge in [-0.3, -0.25) is 0 Å². The summed E-state index contributed by atoms with van der Waals surface area (Å²) in [5.74, 6) is 0.679. The Hall–Kier alpha value is -2.83. The third-order valence-corrected chi connectivity index (χ3v) is 8.01. The first-order valence-electron chi connectivity index (χ1n) is 10.7. The Morgan fingerprint density at radius 3 is 2.97 bits per heavy atom. The van der Waals surface area contributed by atoms with Gasteiger partial charge >= 0.3 is 0 Å². The van der Waals surface area contributed by atoms with Crippen molar-refractivity contribution in [2.75, 3.05) is 18.9 Å². The number of benzene rings is 2. The van der Waals surface area contributed by atoms with Crippen LogP contribution in [0.1, 0.15) is 34.9 Å². The molecule has 2 bridgehead atoms. The van der Waals surface area contributed by atoms with Crippen molar-refractivity contribution in [3.05, 3.63) is 58.8 Å². The molecule has 0 amide bonds. The maximum Gasteiger partial charge on any atom is 0.166 e. The number of pyridine rings is 1. The van der Waals surface area contributed by atoms with Crippen LogP contribution in [0.25, 0.3) is 10.9 Å². The van der Waals surface area contributed by atoms with E-state index in [0.29, 0.717) is 12.2 Å². The van der Waals surface area contributed by atoms with E-state index in [1.54, 1.807) is 6.07 Å². The summed E-state index contributed by atoms with van der Waals surface area (Å²) in [5.41, 5.74) is 4.36. The highest BCUT2D eigenvalue weighted by Gasteiger charge is 2.71. The Balaban J connectivity index is 1.61. The number of phenols is 1. The van der Waals surface area contributed by atoms with Gasteiger partial charge in [0.15, 0.2) is 17.6 Å². The number of nitrogens with one attached hydrogen (secondary N) is 2. The van der Waals surface area contributed by atoms with Crippen molar-refractivity contribution in [2.24, 2.45) is 0 Å². The Morgan fingerprint density at radius 2 is 2.10 bits per heavy atom. The zero-order chi connectivity index (χ0) is 20.3. The quantitative estimate of drug-likeness (QED) is 0.501. The third kappa shape index (κ3) is 1.66. The van der Waals surface area contributed by atoms with E-state index in [0.717, 1.165) is 58.4 Å². The number of nitrogens with zero attached hydrogens (tertiary/aromatic N) is 1. The van der Waals surface area contributed by atoms with Crippen LogP contribution in [0.5, 0.6) is 11.5 Å². The zero-order valence-corrected chi connectivity index (χ0v) is 16.7. The number of phenolic OH excluding ortho intramolecular Hbond substituents is 1. The van der Waals surface area contributed by atoms with E-state index in [1.165, 1.54) is 0 Å². The fraction of sp³-hybridized carbons (Fsp3) is 0.375. The summed E-state index contributed by atoms with van der Waals surface area (Å²) in [4.78, 5) is 5.06. The number of aromatic nitrogens is 1. The number of aromatic hydroxyl groups is 1. The Bertz CT molecular complexity index is 1260. The number of aliphatic hydroxyl groups is 1. The summed E-state index contributed by atoms with van der Waals surface area (Å²) >= 11 is 0. The second-order valence-electron chi connectivity index (χ2n) is 9.10. The van der Waals surface area contributed by atoms with Crippen LogP contribution in [0.2, 0.25) is 0 Å². The van der Waals surface area contributed by atoms with E-state index >= 15 is 0 Å². The summed E-state index contributed by atoms with van der Waals surface area (Å²) in [6, 6.07) is 11.7. The van der Waals surface area contributed by atoms with E-state index in [-0.39, 0.29) is 11.8 Å². The van der Waals surface area contributed by atoms with Gasteiger partial charge < -0.3 is 25.6 Å². The minimum Gasteiger partial charge on any atom is -0.504 e. The molecule has 1 spiro atoms. The number of anilines is 1. The van der Waals surface area contributed by atoms with Crippen molar-refractivity contribution in [1.82, 2.24) is 10.3 Å². The molecule has 1 saturated heterocycles. The molecule has 2 aromatic carbocycles. The summed E-state index contributed by atoms with van der Waals surface area (Å²) in [6.07, 6.45) is 1.55. The van der Waals surface area contributed by atoms with Crippen molar-refractivity contribution >= 4 is 16.6 Å². The number of fused-ring (bicyclic) bond motifs is 3. The van der Waals surface area contributed by atoms with E-state index < -0.39 is 17.1 Å². The van der Waals surface area contributed by atoms with Crippen LogP contribution >= 0.6 is 0 Å². The SMILES string of the molecule is CNc1c2c(nc3ccccc13)C1Oc3c(O)ccc4c3[C@@]13CCN[C@H](C4)C3(O)C2. The molecule has 2 aliphatic carbocycles. The maximum atomic E-state index is 12.4. The summed E-state index contributed by atoms with van der Waals surface area (Å²) in [5, 5.41) is 31.0. The van der Waals surface area contributed by atoms with Gasteiger partial charge in [-0.1, -0.05) is 24.3 Å². The van der Waals surface area contributed by atoms with Gasteiger partial charge in [0.25, 0.3) is 0 Å². The Labute approximate surface area is 173 Å². The molecule has 6 nitrogen and oxygen atoms in total. The molecular weight excluding hydrogens is 378 g/mol. The van der Waals surface area contributed by atoms with Gasteiger partial charge in [-0.15, -0.1) is 0 Å². The highest BCUT2D eigenvalue weighted by Crippen LogP contribution is 2.68. The second-order valence-corrected chi connectivity index (χ2v) is 9.10. The molecule has 1 aromatic heterocycles. The molecule has 7 rings (SSSR count). The summed E-state index contributed by atoms with van der Waals surface area (Å²) < 4.78 is 6.52. The monoisotopic (exact) mass is 401 g/mol. The Morgan fingerprint density at radius 1 is 1.23 bits per heavy atom. The van der Waals surface area contributed by atoms with Crippen LogP contribution < -0.4 is 15.4 Å². The number of ether oxygens (including phenoxy) is 1. The van der Waals surface area contributed by atoms with Crippen LogP contribution in [0.15, 0.2) is 36.4 Å². The lowest BCUT2D eigenvalue weighted by Crippen LogP contribution is -2.74. The van der Waals surface area contributed by atoms with Gasteiger partial charge in [0.1, 0.15) is 0 Å². The molecule has 4 atom stereocenters. The molecular formula is C24H23N3O3. The number of hydrogen-bond acceptors (Lipinski definition) is 6. The lowest BCUT2D eigenvalue weighted by Gasteiger charge is -2.60. The molecule has 152 valence electrons. The van der Waals surface area contributed by atoms with Crippen molar-refractivity contribution in [3.63, 3.8) is 0 Å². The first kappa shape index (κ1) is 16.9. The first-order valence-corrected chi connectivity index (χ1v) is 10.7. The van der Waals surface area contributed by atoms with Crippen LogP contribution in [0.4, 0.5) is 5.69 Å². The number of rotatable bonds is 1. The molecule has 0 radical (unpaired) electrons. The van der Waals surface area contributed by atoms with Gasteiger partial charge in [-0.05, 0) is 37.1 Å². The fourth-order valence-corrected chi connectivity index (χ4v) is 6.83. The maximum absolute atomic E-state index is 12.4. The van der Waals surface area contributed by atoms with Crippen molar-refractivity contribution in [3.8, 4) is 11.5 Å². The van der Waals surface area contributed by atoms with Gasteiger partial charge in [0.2, 0.25) is 0 Å². The van der Waals surface area contributed by atoms with Crippen LogP contribution in [0.3, 0.4) is 0 Å². The van der Waals surface area contributed by atoms with Gasteiger partial charge in [0, 0.05) is 41.7 Å². The first-order chi connectivity index (χ1) is 14.6. The van der Waals surface area contributed by atoms with Crippen molar-refractivity contribution in [2.45, 2.75) is 42.4 Å². The third-order valence-electron chi connectivity index (χ3n) is 8.01. The van der Waals surface area contributed by atoms with Crippen LogP contribution in [-0.4, -0.2) is 40.4 Å². The number of para-hydroxylation sites is 1. The Kier molecular flexibility index (Phi) is 2.96. The largest absolute Gasteiger partial charge is 0.504 e. The minimum atomic E-state index is -1.01. The molecule has 30 heavy (non-hydrogen) atoms. The van der Waals surface area contributed by atoms with Crippen LogP contribution in [-0.2, 0) is 18.3 Å². The van der Waals surface area contributed by atoms with Crippen molar-refractivity contribution < 1.29 is 14.9 Å². The average molecular weight is 401 g/mol. The minimum absolute atomic E-state index is 0.0651. The fourth-order valence-electron chi connectivity index (χ4n) is 6.83. The molecule has 1 fully saturated rings. The van der Waals surface area contributed by atoms with Crippen LogP contribution in [0, 0.1) is 0 Å². The highest BCUT2D eigenvalue weighted by atomic mass is 16.5. The predicted octanol–water partition coefficient (Wildman–Crippen LogP) is 2.56. The molecule has 3 heterocycles. The smallest absolute Gasteiger partial charge is 0.166 e. The average Bonchev–Trinajstić information content (AvgIpc) is 3.09. The lowest BCUT2D eigenvalue weighted by atomic mass is 9.49. The molecule has 0 saturated carbocycles. The molecule has 6 heteroatoms. The van der Waals surface area contributed by atoms with Gasteiger partial charge in [-0.25, -0.2) is 4.98 Å². The van der Waals surface area contributed by atoms with E-state index in [9.17, 15) is 10.2 Å². The van der Waals surface area contributed by atoms with E-state index in [4.69, 9.17) is 9.72 Å². The zero-order valence-electron chi connectivity index (χ0n) is 16.7. The van der Waals surface area contributed by atoms with Crippen molar-refractivity contribution in [1.29, 1.82) is 0 Å². The standard InChI is InChI=1S/C24H23N3O3/c1-25-19-13-4-2-3-5-15(13)27-20-14(19)11-24(29)17-10-12-6-7-16(28)21-18(12)23(24,8-9-26-17)22(20)30-21/h2-7,17,22,26,28-29H,8-11H2,1H3,(H,25,27)/t17-,22?,23+,24?/m1/s1. The molecule has 2 unspecified atom stereocenters. The summed E-state index contributed by atoms with van der Waals surface area (Å²) in [6.45, 7) is 0.809. The predicted molar refractivity (Wildman–Crippen MR) is 113 cm³/mol. The number of piperidine rings is 1. The molecule has 2 aliphatic heterocycles. The molecule has 3 aromatic rings. The van der Waals surface area contributed by atoms with E-state index in [2.05, 4.69) is 16.7 Å². The topological polar surface area (TPSA) is 86.6 Å². The second kappa shape index (κ2) is 5.25. The molecule has 4 aliphatic rings. The highest BCUT2D eigenvalue weighted by molar-refractivity contribution is 5.94. The summed E-state index contributed by atoms with van der Waals surface area (Å²) in [7, 11) is 1.92. The molecule has 4 N–H and O–H groups in total. The van der Waals surface area contributed by atoms with Gasteiger partial charge in [-0.2, -0.15) is 0 Å². The van der Waals surface area contributed by atoms with Gasteiger partial charge in [0.05, 0.1) is 22.2 Å². The number of hydrogen-bond donors (Lipinski definition) is 4. The lowest BCUT2D eigenvalue weighted by molar-refractivity contribution is -0.134. The normalized spacial score (nSPS) is 32.3.